The maximum absolute atomic E-state index is 12.0. The van der Waals surface area contributed by atoms with E-state index in [1.807, 2.05) is 37.3 Å². The third-order valence-electron chi connectivity index (χ3n) is 6.04. The van der Waals surface area contributed by atoms with Gasteiger partial charge in [-0.3, -0.25) is 9.59 Å². The van der Waals surface area contributed by atoms with Crippen LogP contribution in [0.1, 0.15) is 51.0 Å². The molecule has 26 heavy (non-hydrogen) atoms. The molecular weight excluding hydrogens is 328 g/mol. The van der Waals surface area contributed by atoms with Crippen molar-refractivity contribution in [3.63, 3.8) is 0 Å². The number of rotatable bonds is 9. The number of nitrogens with two attached hydrogens (primary N) is 2. The zero-order valence-electron chi connectivity index (χ0n) is 15.6. The summed E-state index contributed by atoms with van der Waals surface area (Å²) in [6, 6.07) is 10.0. The molecule has 0 radical (unpaired) electrons. The summed E-state index contributed by atoms with van der Waals surface area (Å²) >= 11 is 0. The van der Waals surface area contributed by atoms with Crippen molar-refractivity contribution >= 4 is 11.8 Å². The normalized spacial score (nSPS) is 23.8. The predicted octanol–water partition coefficient (Wildman–Crippen LogP) is 2.40. The molecule has 0 heterocycles. The Morgan fingerprint density at radius 1 is 1.04 bits per heavy atom. The number of hydrogen-bond acceptors (Lipinski definition) is 3. The van der Waals surface area contributed by atoms with Crippen LogP contribution in [0.3, 0.4) is 0 Å². The molecule has 0 bridgehead atoms. The van der Waals surface area contributed by atoms with E-state index >= 15 is 0 Å². The van der Waals surface area contributed by atoms with Crippen molar-refractivity contribution < 1.29 is 14.7 Å². The number of aliphatic hydroxyl groups is 1. The van der Waals surface area contributed by atoms with E-state index in [1.165, 1.54) is 5.56 Å². The molecule has 2 rings (SSSR count). The summed E-state index contributed by atoms with van der Waals surface area (Å²) in [5.41, 5.74) is 12.2. The molecule has 1 aromatic carbocycles. The van der Waals surface area contributed by atoms with Crippen LogP contribution >= 0.6 is 0 Å². The van der Waals surface area contributed by atoms with E-state index in [0.717, 1.165) is 32.1 Å². The molecule has 1 saturated carbocycles. The number of carbonyl (C=O) groups excluding carboxylic acids is 2. The van der Waals surface area contributed by atoms with Crippen LogP contribution in [0.25, 0.3) is 0 Å². The molecule has 1 unspecified atom stereocenters. The van der Waals surface area contributed by atoms with E-state index in [2.05, 4.69) is 0 Å². The van der Waals surface area contributed by atoms with Gasteiger partial charge < -0.3 is 16.6 Å². The highest BCUT2D eigenvalue weighted by molar-refractivity contribution is 5.77. The number of aryl methyl sites for hydroxylation is 1. The van der Waals surface area contributed by atoms with Crippen LogP contribution in [0.15, 0.2) is 30.3 Å². The number of hydrogen-bond donors (Lipinski definition) is 3. The third kappa shape index (κ3) is 5.84. The molecule has 1 fully saturated rings. The van der Waals surface area contributed by atoms with Gasteiger partial charge in [-0.2, -0.15) is 0 Å². The molecule has 1 aliphatic rings. The minimum absolute atomic E-state index is 0.126. The molecular formula is C21H32N2O3. The van der Waals surface area contributed by atoms with Gasteiger partial charge in [-0.25, -0.2) is 0 Å². The zero-order valence-corrected chi connectivity index (χ0v) is 15.6. The van der Waals surface area contributed by atoms with Crippen molar-refractivity contribution in [2.24, 2.45) is 35.1 Å². The minimum atomic E-state index is -0.532. The fraction of sp³-hybridized carbons (Fsp3) is 0.619. The van der Waals surface area contributed by atoms with E-state index in [9.17, 15) is 14.7 Å². The molecule has 5 N–H and O–H groups in total. The Hall–Kier alpha value is -1.88. The van der Waals surface area contributed by atoms with E-state index in [1.54, 1.807) is 0 Å². The second-order valence-electron chi connectivity index (χ2n) is 7.79. The van der Waals surface area contributed by atoms with Crippen LogP contribution in [0.2, 0.25) is 0 Å². The van der Waals surface area contributed by atoms with Crippen molar-refractivity contribution in [1.82, 2.24) is 0 Å². The number of aliphatic hydroxyl groups excluding tert-OH is 1. The standard InChI is InChI=1S/C21H32N2O3/c1-14(20(22)25)16-8-10-17(11-9-16)19(21(23)26)13-18(24)12-7-15-5-3-2-4-6-15/h2-6,14,16-19,24H,7-13H2,1H3,(H2,22,25)(H2,23,26)/t14?,16?,17?,18-,19-/m0/s1. The second kappa shape index (κ2) is 9.72. The quantitative estimate of drug-likeness (QED) is 0.629. The fourth-order valence-corrected chi connectivity index (χ4v) is 4.21. The lowest BCUT2D eigenvalue weighted by Crippen LogP contribution is -2.37. The van der Waals surface area contributed by atoms with Gasteiger partial charge in [0, 0.05) is 11.8 Å². The average Bonchev–Trinajstić information content (AvgIpc) is 2.64. The van der Waals surface area contributed by atoms with Crippen LogP contribution in [0.4, 0.5) is 0 Å². The summed E-state index contributed by atoms with van der Waals surface area (Å²) < 4.78 is 0. The molecule has 1 aliphatic carbocycles. The first-order valence-electron chi connectivity index (χ1n) is 9.69. The maximum Gasteiger partial charge on any atom is 0.220 e. The first-order chi connectivity index (χ1) is 12.4. The molecule has 0 spiro atoms. The van der Waals surface area contributed by atoms with E-state index < -0.39 is 6.10 Å². The topological polar surface area (TPSA) is 106 Å². The zero-order chi connectivity index (χ0) is 19.1. The van der Waals surface area contributed by atoms with Gasteiger partial charge in [-0.1, -0.05) is 37.3 Å². The monoisotopic (exact) mass is 360 g/mol. The molecule has 3 atom stereocenters. The van der Waals surface area contributed by atoms with Crippen LogP contribution in [0, 0.1) is 23.7 Å². The molecule has 1 aromatic rings. The molecule has 5 nitrogen and oxygen atoms in total. The first-order valence-corrected chi connectivity index (χ1v) is 9.69. The molecule has 0 aliphatic heterocycles. The third-order valence-corrected chi connectivity index (χ3v) is 6.04. The molecule has 0 aromatic heterocycles. The Morgan fingerprint density at radius 2 is 1.62 bits per heavy atom. The Balaban J connectivity index is 1.85. The highest BCUT2D eigenvalue weighted by Crippen LogP contribution is 2.38. The van der Waals surface area contributed by atoms with Gasteiger partial charge >= 0.3 is 0 Å². The van der Waals surface area contributed by atoms with Crippen molar-refractivity contribution in [3.05, 3.63) is 35.9 Å². The van der Waals surface area contributed by atoms with E-state index in [4.69, 9.17) is 11.5 Å². The van der Waals surface area contributed by atoms with Gasteiger partial charge in [0.15, 0.2) is 0 Å². The van der Waals surface area contributed by atoms with Crippen molar-refractivity contribution in [1.29, 1.82) is 0 Å². The van der Waals surface area contributed by atoms with Gasteiger partial charge in [0.1, 0.15) is 0 Å². The lowest BCUT2D eigenvalue weighted by atomic mass is 9.70. The molecule has 2 amide bonds. The lowest BCUT2D eigenvalue weighted by molar-refractivity contribution is -0.127. The van der Waals surface area contributed by atoms with E-state index in [0.29, 0.717) is 18.8 Å². The summed E-state index contributed by atoms with van der Waals surface area (Å²) in [6.45, 7) is 1.88. The molecule has 5 heteroatoms. The van der Waals surface area contributed by atoms with Crippen molar-refractivity contribution in [2.45, 2.75) is 58.0 Å². The Kier molecular flexibility index (Phi) is 7.64. The highest BCUT2D eigenvalue weighted by Gasteiger charge is 2.34. The van der Waals surface area contributed by atoms with Crippen LogP contribution in [-0.4, -0.2) is 23.0 Å². The van der Waals surface area contributed by atoms with Crippen LogP contribution in [0.5, 0.6) is 0 Å². The average molecular weight is 360 g/mol. The second-order valence-corrected chi connectivity index (χ2v) is 7.79. The van der Waals surface area contributed by atoms with Gasteiger partial charge in [-0.15, -0.1) is 0 Å². The predicted molar refractivity (Wildman–Crippen MR) is 102 cm³/mol. The van der Waals surface area contributed by atoms with Crippen LogP contribution < -0.4 is 11.5 Å². The van der Waals surface area contributed by atoms with Gasteiger partial charge in [0.2, 0.25) is 11.8 Å². The van der Waals surface area contributed by atoms with Crippen molar-refractivity contribution in [2.75, 3.05) is 0 Å². The van der Waals surface area contributed by atoms with E-state index in [-0.39, 0.29) is 29.6 Å². The van der Waals surface area contributed by atoms with Gasteiger partial charge in [0.05, 0.1) is 6.10 Å². The van der Waals surface area contributed by atoms with Gasteiger partial charge in [0.25, 0.3) is 0 Å². The first kappa shape index (κ1) is 20.4. The fourth-order valence-electron chi connectivity index (χ4n) is 4.21. The largest absolute Gasteiger partial charge is 0.393 e. The molecule has 0 saturated heterocycles. The van der Waals surface area contributed by atoms with Crippen LogP contribution in [-0.2, 0) is 16.0 Å². The summed E-state index contributed by atoms with van der Waals surface area (Å²) in [4.78, 5) is 23.3. The summed E-state index contributed by atoms with van der Waals surface area (Å²) in [7, 11) is 0. The smallest absolute Gasteiger partial charge is 0.220 e. The Morgan fingerprint density at radius 3 is 2.15 bits per heavy atom. The number of carbonyl (C=O) groups is 2. The maximum atomic E-state index is 12.0. The highest BCUT2D eigenvalue weighted by atomic mass is 16.3. The minimum Gasteiger partial charge on any atom is -0.393 e. The summed E-state index contributed by atoms with van der Waals surface area (Å²) in [6.07, 6.45) is 4.80. The number of amides is 2. The summed E-state index contributed by atoms with van der Waals surface area (Å²) in [5, 5.41) is 10.4. The molecule has 144 valence electrons. The number of benzene rings is 1. The Labute approximate surface area is 156 Å². The SMILES string of the molecule is CC(C(N)=O)C1CCC([C@H](C[C@@H](O)CCc2ccccc2)C(N)=O)CC1. The summed E-state index contributed by atoms with van der Waals surface area (Å²) in [5.74, 6) is -0.521. The van der Waals surface area contributed by atoms with Crippen molar-refractivity contribution in [3.8, 4) is 0 Å². The Bertz CT molecular complexity index is 582. The van der Waals surface area contributed by atoms with Gasteiger partial charge in [-0.05, 0) is 62.3 Å². The number of primary amides is 2. The lowest BCUT2D eigenvalue weighted by Gasteiger charge is -2.35.